The monoisotopic (exact) mass is 333 g/mol. The quantitative estimate of drug-likeness (QED) is 0.914. The molecule has 2 aromatic rings. The minimum absolute atomic E-state index is 0.0402. The Labute approximate surface area is 127 Å². The van der Waals surface area contributed by atoms with Crippen molar-refractivity contribution < 1.29 is 8.42 Å². The lowest BCUT2D eigenvalue weighted by Crippen LogP contribution is -2.24. The van der Waals surface area contributed by atoms with Gasteiger partial charge in [0, 0.05) is 17.8 Å². The van der Waals surface area contributed by atoms with Gasteiger partial charge in [-0.15, -0.1) is 0 Å². The lowest BCUT2D eigenvalue weighted by molar-refractivity contribution is 0.578. The third-order valence-electron chi connectivity index (χ3n) is 2.65. The average Bonchev–Trinajstić information content (AvgIpc) is 2.87. The van der Waals surface area contributed by atoms with Crippen molar-refractivity contribution in [2.24, 2.45) is 0 Å². The Morgan fingerprint density at radius 1 is 1.30 bits per heavy atom. The highest BCUT2D eigenvalue weighted by molar-refractivity contribution is 7.89. The number of nitrogens with zero attached hydrogens (tertiary/aromatic N) is 2. The fourth-order valence-corrected chi connectivity index (χ4v) is 3.36. The van der Waals surface area contributed by atoms with Crippen LogP contribution >= 0.6 is 23.2 Å². The van der Waals surface area contributed by atoms with Gasteiger partial charge in [-0.25, -0.2) is 13.1 Å². The second-order valence-corrected chi connectivity index (χ2v) is 6.64. The minimum Gasteiger partial charge on any atom is -0.273 e. The molecule has 8 heteroatoms. The van der Waals surface area contributed by atoms with Crippen molar-refractivity contribution in [1.82, 2.24) is 14.5 Å². The molecule has 0 aliphatic rings. The van der Waals surface area contributed by atoms with Gasteiger partial charge in [-0.2, -0.15) is 5.10 Å². The Kier molecular flexibility index (Phi) is 4.70. The molecule has 2 rings (SSSR count). The maximum atomic E-state index is 12.2. The number of aryl methyl sites for hydroxylation is 1. The Hall–Kier alpha value is -1.08. The van der Waals surface area contributed by atoms with Crippen LogP contribution < -0.4 is 4.72 Å². The number of benzene rings is 1. The lowest BCUT2D eigenvalue weighted by Gasteiger charge is -2.07. The fraction of sp³-hybridized carbons (Fsp3) is 0.250. The largest absolute Gasteiger partial charge is 0.273 e. The van der Waals surface area contributed by atoms with E-state index in [-0.39, 0.29) is 16.5 Å². The van der Waals surface area contributed by atoms with Crippen LogP contribution in [0.4, 0.5) is 0 Å². The van der Waals surface area contributed by atoms with E-state index >= 15 is 0 Å². The maximum absolute atomic E-state index is 12.2. The summed E-state index contributed by atoms with van der Waals surface area (Å²) in [7, 11) is -3.72. The molecule has 20 heavy (non-hydrogen) atoms. The molecule has 0 spiro atoms. The van der Waals surface area contributed by atoms with Gasteiger partial charge in [0.25, 0.3) is 0 Å². The van der Waals surface area contributed by atoms with Crippen LogP contribution in [0.1, 0.15) is 12.6 Å². The summed E-state index contributed by atoms with van der Waals surface area (Å²) in [6.45, 7) is 2.78. The molecule has 0 aliphatic carbocycles. The van der Waals surface area contributed by atoms with E-state index in [4.69, 9.17) is 23.2 Å². The molecule has 0 unspecified atom stereocenters. The van der Waals surface area contributed by atoms with Gasteiger partial charge in [0.05, 0.1) is 17.3 Å². The van der Waals surface area contributed by atoms with Crippen molar-refractivity contribution in [1.29, 1.82) is 0 Å². The smallest absolute Gasteiger partial charge is 0.242 e. The number of aromatic nitrogens is 2. The molecular formula is C12H13Cl2N3O2S. The van der Waals surface area contributed by atoms with Gasteiger partial charge in [-0.1, -0.05) is 23.2 Å². The predicted octanol–water partition coefficient (Wildman–Crippen LogP) is 2.69. The SMILES string of the molecule is CCn1ccc(CNS(=O)(=O)c2cc(Cl)ccc2Cl)n1. The van der Waals surface area contributed by atoms with Gasteiger partial charge in [-0.05, 0) is 31.2 Å². The van der Waals surface area contributed by atoms with E-state index in [9.17, 15) is 8.42 Å². The zero-order chi connectivity index (χ0) is 14.8. The topological polar surface area (TPSA) is 64.0 Å². The predicted molar refractivity (Wildman–Crippen MR) is 78.4 cm³/mol. The number of nitrogens with one attached hydrogen (secondary N) is 1. The average molecular weight is 334 g/mol. The minimum atomic E-state index is -3.72. The summed E-state index contributed by atoms with van der Waals surface area (Å²) in [6, 6.07) is 6.05. The first kappa shape index (κ1) is 15.3. The van der Waals surface area contributed by atoms with Crippen molar-refractivity contribution in [3.8, 4) is 0 Å². The van der Waals surface area contributed by atoms with Gasteiger partial charge >= 0.3 is 0 Å². The molecule has 5 nitrogen and oxygen atoms in total. The first-order valence-corrected chi connectivity index (χ1v) is 8.13. The highest BCUT2D eigenvalue weighted by atomic mass is 35.5. The Morgan fingerprint density at radius 3 is 2.70 bits per heavy atom. The van der Waals surface area contributed by atoms with E-state index in [2.05, 4.69) is 9.82 Å². The summed E-state index contributed by atoms with van der Waals surface area (Å²) in [6.07, 6.45) is 1.79. The lowest BCUT2D eigenvalue weighted by atomic mass is 10.4. The summed E-state index contributed by atoms with van der Waals surface area (Å²) in [4.78, 5) is -0.0402. The van der Waals surface area contributed by atoms with Crippen molar-refractivity contribution in [3.63, 3.8) is 0 Å². The number of halogens is 2. The molecule has 0 radical (unpaired) electrons. The second kappa shape index (κ2) is 6.13. The molecule has 1 heterocycles. The van der Waals surface area contributed by atoms with Crippen LogP contribution in [0.15, 0.2) is 35.4 Å². The van der Waals surface area contributed by atoms with Gasteiger partial charge < -0.3 is 0 Å². The van der Waals surface area contributed by atoms with Crippen molar-refractivity contribution in [3.05, 3.63) is 46.2 Å². The van der Waals surface area contributed by atoms with Crippen LogP contribution in [0, 0.1) is 0 Å². The zero-order valence-corrected chi connectivity index (χ0v) is 13.0. The highest BCUT2D eigenvalue weighted by Crippen LogP contribution is 2.24. The molecule has 1 aromatic carbocycles. The molecule has 0 bridgehead atoms. The van der Waals surface area contributed by atoms with Crippen LogP contribution in [-0.2, 0) is 23.1 Å². The summed E-state index contributed by atoms with van der Waals surface area (Å²) < 4.78 is 28.5. The molecule has 1 N–H and O–H groups in total. The fourth-order valence-electron chi connectivity index (χ4n) is 1.60. The van der Waals surface area contributed by atoms with Crippen molar-refractivity contribution >= 4 is 33.2 Å². The van der Waals surface area contributed by atoms with E-state index < -0.39 is 10.0 Å². The Balaban J connectivity index is 2.17. The molecule has 0 aliphatic heterocycles. The number of hydrogen-bond donors (Lipinski definition) is 1. The number of rotatable bonds is 5. The van der Waals surface area contributed by atoms with E-state index in [1.54, 1.807) is 16.9 Å². The third kappa shape index (κ3) is 3.52. The van der Waals surface area contributed by atoms with E-state index in [1.807, 2.05) is 6.92 Å². The highest BCUT2D eigenvalue weighted by Gasteiger charge is 2.18. The van der Waals surface area contributed by atoms with Gasteiger partial charge in [0.1, 0.15) is 4.90 Å². The van der Waals surface area contributed by atoms with E-state index in [1.165, 1.54) is 18.2 Å². The first-order chi connectivity index (χ1) is 9.42. The van der Waals surface area contributed by atoms with Crippen LogP contribution in [-0.4, -0.2) is 18.2 Å². The molecule has 0 fully saturated rings. The van der Waals surface area contributed by atoms with Crippen LogP contribution in [0.2, 0.25) is 10.0 Å². The number of hydrogen-bond acceptors (Lipinski definition) is 3. The van der Waals surface area contributed by atoms with Crippen molar-refractivity contribution in [2.45, 2.75) is 24.9 Å². The molecule has 0 atom stereocenters. The van der Waals surface area contributed by atoms with Gasteiger partial charge in [0.15, 0.2) is 0 Å². The molecule has 108 valence electrons. The molecule has 1 aromatic heterocycles. The van der Waals surface area contributed by atoms with Gasteiger partial charge in [-0.3, -0.25) is 4.68 Å². The van der Waals surface area contributed by atoms with E-state index in [0.717, 1.165) is 6.54 Å². The Morgan fingerprint density at radius 2 is 2.05 bits per heavy atom. The summed E-state index contributed by atoms with van der Waals surface area (Å²) >= 11 is 11.7. The summed E-state index contributed by atoms with van der Waals surface area (Å²) in [5.74, 6) is 0. The van der Waals surface area contributed by atoms with Crippen LogP contribution in [0.5, 0.6) is 0 Å². The first-order valence-electron chi connectivity index (χ1n) is 5.89. The maximum Gasteiger partial charge on any atom is 0.242 e. The van der Waals surface area contributed by atoms with Gasteiger partial charge in [0.2, 0.25) is 10.0 Å². The summed E-state index contributed by atoms with van der Waals surface area (Å²) in [5.41, 5.74) is 0.633. The van der Waals surface area contributed by atoms with Crippen LogP contribution in [0.25, 0.3) is 0 Å². The third-order valence-corrected chi connectivity index (χ3v) is 4.76. The normalized spacial score (nSPS) is 11.8. The molecule has 0 saturated carbocycles. The number of sulfonamides is 1. The second-order valence-electron chi connectivity index (χ2n) is 4.06. The molecule has 0 saturated heterocycles. The standard InChI is InChI=1S/C12H13Cl2N3O2S/c1-2-17-6-5-10(16-17)8-15-20(18,19)12-7-9(13)3-4-11(12)14/h3-7,15H,2,8H2,1H3. The van der Waals surface area contributed by atoms with Crippen LogP contribution in [0.3, 0.4) is 0 Å². The molecule has 0 amide bonds. The summed E-state index contributed by atoms with van der Waals surface area (Å²) in [5, 5.41) is 4.63. The zero-order valence-electron chi connectivity index (χ0n) is 10.7. The van der Waals surface area contributed by atoms with Crippen molar-refractivity contribution in [2.75, 3.05) is 0 Å². The van der Waals surface area contributed by atoms with E-state index in [0.29, 0.717) is 10.7 Å². The Bertz CT molecular complexity index is 713. The molecular weight excluding hydrogens is 321 g/mol.